The fraction of sp³-hybridized carbons (Fsp3) is 0.273. The van der Waals surface area contributed by atoms with Crippen LogP contribution >= 0.6 is 38.5 Å². The van der Waals surface area contributed by atoms with E-state index in [4.69, 9.17) is 14.2 Å². The van der Waals surface area contributed by atoms with Crippen LogP contribution in [0.3, 0.4) is 0 Å². The van der Waals surface area contributed by atoms with Gasteiger partial charge in [-0.25, -0.2) is 9.79 Å². The Hall–Kier alpha value is -1.87. The zero-order valence-corrected chi connectivity index (χ0v) is 19.9. The summed E-state index contributed by atoms with van der Waals surface area (Å²) in [5.41, 5.74) is 1.79. The number of carbonyl (C=O) groups excluding carboxylic acids is 1. The number of ether oxygens (including phenoxy) is 3. The third kappa shape index (κ3) is 5.60. The van der Waals surface area contributed by atoms with Gasteiger partial charge in [0.2, 0.25) is 5.90 Å². The minimum atomic E-state index is -0.473. The van der Waals surface area contributed by atoms with Crippen LogP contribution in [0.5, 0.6) is 11.5 Å². The minimum absolute atomic E-state index is 0.251. The molecule has 1 aliphatic heterocycles. The molecule has 29 heavy (non-hydrogen) atoms. The maximum Gasteiger partial charge on any atom is 0.363 e. The van der Waals surface area contributed by atoms with E-state index in [0.29, 0.717) is 24.9 Å². The Morgan fingerprint density at radius 2 is 1.93 bits per heavy atom. The number of hydrogen-bond acceptors (Lipinski definition) is 5. The van der Waals surface area contributed by atoms with Crippen molar-refractivity contribution in [2.45, 2.75) is 26.7 Å². The molecule has 152 valence electrons. The Kier molecular flexibility index (Phi) is 7.71. The van der Waals surface area contributed by atoms with Crippen molar-refractivity contribution in [3.05, 3.63) is 61.3 Å². The van der Waals surface area contributed by atoms with Gasteiger partial charge in [0.15, 0.2) is 17.2 Å². The van der Waals surface area contributed by atoms with Crippen molar-refractivity contribution in [2.75, 3.05) is 13.2 Å². The number of cyclic esters (lactones) is 1. The molecule has 0 N–H and O–H groups in total. The second-order valence-corrected chi connectivity index (χ2v) is 8.39. The maximum absolute atomic E-state index is 12.3. The fourth-order valence-electron chi connectivity index (χ4n) is 2.68. The molecule has 5 nitrogen and oxygen atoms in total. The highest BCUT2D eigenvalue weighted by atomic mass is 127. The molecule has 0 fully saturated rings. The average Bonchev–Trinajstić information content (AvgIpc) is 3.05. The fourth-order valence-corrected chi connectivity index (χ4v) is 3.72. The van der Waals surface area contributed by atoms with Crippen molar-refractivity contribution >= 4 is 56.5 Å². The Bertz CT molecular complexity index is 954. The van der Waals surface area contributed by atoms with Crippen LogP contribution < -0.4 is 9.47 Å². The number of rotatable bonds is 8. The van der Waals surface area contributed by atoms with Gasteiger partial charge >= 0.3 is 5.97 Å². The lowest BCUT2D eigenvalue weighted by Crippen LogP contribution is -2.05. The number of nitrogens with zero attached hydrogens (tertiary/aromatic N) is 1. The van der Waals surface area contributed by atoms with E-state index in [1.807, 2.05) is 43.3 Å². The van der Waals surface area contributed by atoms with Crippen molar-refractivity contribution in [3.63, 3.8) is 0 Å². The first kappa shape index (κ1) is 21.8. The summed E-state index contributed by atoms with van der Waals surface area (Å²) in [6, 6.07) is 11.2. The number of aliphatic imine (C=N–C) groups is 1. The lowest BCUT2D eigenvalue weighted by atomic mass is 10.1. The van der Waals surface area contributed by atoms with E-state index in [1.54, 1.807) is 6.08 Å². The second-order valence-electron chi connectivity index (χ2n) is 6.31. The van der Waals surface area contributed by atoms with Crippen LogP contribution in [0.1, 0.15) is 37.8 Å². The topological polar surface area (TPSA) is 57.1 Å². The number of halogens is 2. The Morgan fingerprint density at radius 3 is 2.62 bits per heavy atom. The van der Waals surface area contributed by atoms with Crippen molar-refractivity contribution in [2.24, 2.45) is 4.99 Å². The normalized spacial score (nSPS) is 14.7. The van der Waals surface area contributed by atoms with E-state index >= 15 is 0 Å². The highest BCUT2D eigenvalue weighted by Crippen LogP contribution is 2.35. The van der Waals surface area contributed by atoms with Gasteiger partial charge in [-0.2, -0.15) is 0 Å². The van der Waals surface area contributed by atoms with Gasteiger partial charge in [-0.3, -0.25) is 0 Å². The molecule has 0 atom stereocenters. The molecule has 2 aromatic carbocycles. The van der Waals surface area contributed by atoms with Crippen molar-refractivity contribution in [3.8, 4) is 11.5 Å². The third-order valence-electron chi connectivity index (χ3n) is 4.09. The molecule has 1 aliphatic rings. The Balaban J connectivity index is 1.90. The number of hydrogen-bond donors (Lipinski definition) is 0. The van der Waals surface area contributed by atoms with Gasteiger partial charge in [0.25, 0.3) is 0 Å². The first-order valence-electron chi connectivity index (χ1n) is 9.39. The summed E-state index contributed by atoms with van der Waals surface area (Å²) in [7, 11) is 0. The van der Waals surface area contributed by atoms with Crippen LogP contribution in [0.15, 0.2) is 51.6 Å². The maximum atomic E-state index is 12.3. The van der Waals surface area contributed by atoms with E-state index < -0.39 is 5.97 Å². The highest BCUT2D eigenvalue weighted by molar-refractivity contribution is 14.1. The van der Waals surface area contributed by atoms with Crippen LogP contribution in [0.4, 0.5) is 0 Å². The minimum Gasteiger partial charge on any atom is -0.490 e. The molecular weight excluding hydrogens is 549 g/mol. The van der Waals surface area contributed by atoms with E-state index in [9.17, 15) is 4.79 Å². The van der Waals surface area contributed by atoms with Gasteiger partial charge in [-0.15, -0.1) is 0 Å². The summed E-state index contributed by atoms with van der Waals surface area (Å²) in [5.74, 6) is 1.22. The van der Waals surface area contributed by atoms with Crippen molar-refractivity contribution in [1.82, 2.24) is 0 Å². The summed E-state index contributed by atoms with van der Waals surface area (Å²) in [5, 5.41) is 0. The Morgan fingerprint density at radius 1 is 1.17 bits per heavy atom. The molecular formula is C22H21BrINO4. The van der Waals surface area contributed by atoms with Crippen LogP contribution in [0, 0.1) is 3.57 Å². The lowest BCUT2D eigenvalue weighted by Gasteiger charge is -2.14. The number of benzene rings is 2. The quantitative estimate of drug-likeness (QED) is 0.170. The van der Waals surface area contributed by atoms with E-state index in [1.165, 1.54) is 0 Å². The van der Waals surface area contributed by atoms with Crippen molar-refractivity contribution < 1.29 is 19.0 Å². The average molecular weight is 570 g/mol. The standard InChI is InChI=1S/C22H21BrINO4/c1-3-5-10-28-20-17(24)11-14(13-19(20)27-4-2)12-18-22(26)29-21(25-18)15-6-8-16(23)9-7-15/h6-9,11-13H,3-5,10H2,1-2H3/b18-12-. The van der Waals surface area contributed by atoms with Crippen LogP contribution in [0.25, 0.3) is 6.08 Å². The van der Waals surface area contributed by atoms with Gasteiger partial charge in [0.1, 0.15) is 0 Å². The van der Waals surface area contributed by atoms with Gasteiger partial charge in [0.05, 0.1) is 16.8 Å². The van der Waals surface area contributed by atoms with Gasteiger partial charge in [0, 0.05) is 10.0 Å². The molecule has 0 saturated heterocycles. The van der Waals surface area contributed by atoms with E-state index in [-0.39, 0.29) is 5.70 Å². The highest BCUT2D eigenvalue weighted by Gasteiger charge is 2.24. The molecule has 0 unspecified atom stereocenters. The Labute approximate surface area is 192 Å². The SMILES string of the molecule is CCCCOc1c(I)cc(/C=C2\N=C(c3ccc(Br)cc3)OC2=O)cc1OCC. The van der Waals surface area contributed by atoms with Crippen molar-refractivity contribution in [1.29, 1.82) is 0 Å². The molecule has 0 spiro atoms. The van der Waals surface area contributed by atoms with Gasteiger partial charge in [-0.1, -0.05) is 29.3 Å². The van der Waals surface area contributed by atoms with Crippen LogP contribution in [-0.4, -0.2) is 25.1 Å². The number of carbonyl (C=O) groups is 1. The third-order valence-corrected chi connectivity index (χ3v) is 5.42. The lowest BCUT2D eigenvalue weighted by molar-refractivity contribution is -0.129. The summed E-state index contributed by atoms with van der Waals surface area (Å²) in [6.07, 6.45) is 3.74. The summed E-state index contributed by atoms with van der Waals surface area (Å²) >= 11 is 5.61. The first-order valence-corrected chi connectivity index (χ1v) is 11.3. The summed E-state index contributed by atoms with van der Waals surface area (Å²) in [6.45, 7) is 5.21. The van der Waals surface area contributed by atoms with E-state index in [2.05, 4.69) is 50.4 Å². The second kappa shape index (κ2) is 10.2. The molecule has 2 aromatic rings. The molecule has 0 aliphatic carbocycles. The molecule has 0 amide bonds. The first-order chi connectivity index (χ1) is 14.0. The summed E-state index contributed by atoms with van der Waals surface area (Å²) in [4.78, 5) is 16.7. The monoisotopic (exact) mass is 569 g/mol. The predicted octanol–water partition coefficient (Wildman–Crippen LogP) is 5.98. The number of unbranched alkanes of at least 4 members (excludes halogenated alkanes) is 1. The van der Waals surface area contributed by atoms with Gasteiger partial charge in [-0.05, 0) is 84.0 Å². The molecule has 0 radical (unpaired) electrons. The molecule has 0 aromatic heterocycles. The smallest absolute Gasteiger partial charge is 0.363 e. The van der Waals surface area contributed by atoms with Gasteiger partial charge < -0.3 is 14.2 Å². The molecule has 1 heterocycles. The summed E-state index contributed by atoms with van der Waals surface area (Å²) < 4.78 is 18.9. The largest absolute Gasteiger partial charge is 0.490 e. The van der Waals surface area contributed by atoms with E-state index in [0.717, 1.165) is 37.8 Å². The molecule has 0 bridgehead atoms. The molecule has 3 rings (SSSR count). The molecule has 7 heteroatoms. The predicted molar refractivity (Wildman–Crippen MR) is 125 cm³/mol. The molecule has 0 saturated carbocycles. The van der Waals surface area contributed by atoms with Crippen LogP contribution in [0.2, 0.25) is 0 Å². The number of esters is 1. The zero-order valence-electron chi connectivity index (χ0n) is 16.2. The van der Waals surface area contributed by atoms with Crippen LogP contribution in [-0.2, 0) is 9.53 Å². The zero-order chi connectivity index (χ0) is 20.8.